The van der Waals surface area contributed by atoms with Crippen LogP contribution in [0, 0.1) is 0 Å². The molecule has 2 aromatic carbocycles. The highest BCUT2D eigenvalue weighted by Crippen LogP contribution is 2.40. The molecular weight excluding hydrogens is 432 g/mol. The Hall–Kier alpha value is -2.25. The fourth-order valence-corrected chi connectivity index (χ4v) is 4.59. The van der Waals surface area contributed by atoms with Crippen LogP contribution in [0.2, 0.25) is 0 Å². The zero-order chi connectivity index (χ0) is 24.0. The minimum Gasteiger partial charge on any atom is -0.459 e. The van der Waals surface area contributed by atoms with Crippen LogP contribution in [0.5, 0.6) is 0 Å². The number of ether oxygens (including phenoxy) is 5. The number of hydrogen-bond donors (Lipinski definition) is 0. The number of carbonyl (C=O) groups excluding carboxylic acids is 1. The molecule has 5 atom stereocenters. The molecule has 0 radical (unpaired) electrons. The predicted octanol–water partition coefficient (Wildman–Crippen LogP) is 5.64. The van der Waals surface area contributed by atoms with Crippen molar-refractivity contribution in [2.75, 3.05) is 0 Å². The van der Waals surface area contributed by atoms with E-state index in [1.165, 1.54) is 0 Å². The van der Waals surface area contributed by atoms with E-state index in [0.717, 1.165) is 37.7 Å². The third-order valence-corrected chi connectivity index (χ3v) is 6.29. The molecule has 2 aliphatic heterocycles. The number of benzene rings is 2. The molecule has 2 fully saturated rings. The number of fused-ring (bicyclic) bond motifs is 1. The van der Waals surface area contributed by atoms with Crippen molar-refractivity contribution in [2.24, 2.45) is 0 Å². The van der Waals surface area contributed by atoms with Gasteiger partial charge in [-0.1, -0.05) is 61.4 Å². The van der Waals surface area contributed by atoms with Gasteiger partial charge in [-0.3, -0.25) is 0 Å². The minimum atomic E-state index is -0.665. The van der Waals surface area contributed by atoms with Crippen molar-refractivity contribution in [3.05, 3.63) is 71.8 Å². The first-order valence-corrected chi connectivity index (χ1v) is 12.3. The van der Waals surface area contributed by atoms with Crippen molar-refractivity contribution < 1.29 is 28.5 Å². The molecule has 6 heteroatoms. The Morgan fingerprint density at radius 3 is 2.41 bits per heavy atom. The summed E-state index contributed by atoms with van der Waals surface area (Å²) in [6.45, 7) is 6.28. The van der Waals surface area contributed by atoms with Gasteiger partial charge in [-0.25, -0.2) is 4.79 Å². The van der Waals surface area contributed by atoms with Gasteiger partial charge in [0.15, 0.2) is 12.1 Å². The van der Waals surface area contributed by atoms with Gasteiger partial charge in [0.1, 0.15) is 12.2 Å². The molecule has 0 saturated carbocycles. The van der Waals surface area contributed by atoms with Crippen LogP contribution in [0.3, 0.4) is 0 Å². The second kappa shape index (κ2) is 11.5. The molecule has 4 rings (SSSR count). The molecule has 6 nitrogen and oxygen atoms in total. The monoisotopic (exact) mass is 468 g/mol. The SMILES string of the molecule is C[C@@H](CCCCC[C@H]1O[C@@H]2OC(C)(C)O[C@@H]2[C@H]1OCc1ccccc1)OC(=O)c1ccccc1. The molecule has 184 valence electrons. The smallest absolute Gasteiger partial charge is 0.338 e. The molecule has 0 spiro atoms. The Balaban J connectivity index is 1.21. The summed E-state index contributed by atoms with van der Waals surface area (Å²) in [6.07, 6.45) is 3.76. The highest BCUT2D eigenvalue weighted by Gasteiger charge is 2.55. The van der Waals surface area contributed by atoms with Crippen molar-refractivity contribution in [3.63, 3.8) is 0 Å². The van der Waals surface area contributed by atoms with Crippen molar-refractivity contribution in [2.45, 2.75) is 96.0 Å². The quantitative estimate of drug-likeness (QED) is 0.314. The average molecular weight is 469 g/mol. The molecule has 2 aliphatic rings. The highest BCUT2D eigenvalue weighted by molar-refractivity contribution is 5.89. The van der Waals surface area contributed by atoms with E-state index in [2.05, 4.69) is 12.1 Å². The first-order valence-electron chi connectivity index (χ1n) is 12.3. The van der Waals surface area contributed by atoms with Crippen molar-refractivity contribution in [1.29, 1.82) is 0 Å². The molecule has 34 heavy (non-hydrogen) atoms. The van der Waals surface area contributed by atoms with E-state index in [0.29, 0.717) is 12.2 Å². The topological polar surface area (TPSA) is 63.2 Å². The second-order valence-corrected chi connectivity index (χ2v) is 9.62. The van der Waals surface area contributed by atoms with Crippen LogP contribution in [-0.2, 0) is 30.3 Å². The predicted molar refractivity (Wildman–Crippen MR) is 128 cm³/mol. The summed E-state index contributed by atoms with van der Waals surface area (Å²) < 4.78 is 30.1. The summed E-state index contributed by atoms with van der Waals surface area (Å²) in [5, 5.41) is 0. The minimum absolute atomic E-state index is 0.0665. The molecule has 0 aromatic heterocycles. The van der Waals surface area contributed by atoms with Crippen LogP contribution in [-0.4, -0.2) is 42.5 Å². The summed E-state index contributed by atoms with van der Waals surface area (Å²) in [5.74, 6) is -0.928. The maximum Gasteiger partial charge on any atom is 0.338 e. The van der Waals surface area contributed by atoms with Gasteiger partial charge in [-0.15, -0.1) is 0 Å². The second-order valence-electron chi connectivity index (χ2n) is 9.62. The van der Waals surface area contributed by atoms with Gasteiger partial charge in [-0.05, 0) is 57.7 Å². The van der Waals surface area contributed by atoms with Gasteiger partial charge in [0.2, 0.25) is 0 Å². The van der Waals surface area contributed by atoms with Crippen LogP contribution in [0.25, 0.3) is 0 Å². The van der Waals surface area contributed by atoms with Gasteiger partial charge >= 0.3 is 5.97 Å². The van der Waals surface area contributed by atoms with Crippen molar-refractivity contribution in [3.8, 4) is 0 Å². The zero-order valence-electron chi connectivity index (χ0n) is 20.4. The van der Waals surface area contributed by atoms with Crippen LogP contribution in [0.4, 0.5) is 0 Å². The Morgan fingerprint density at radius 1 is 0.971 bits per heavy atom. The van der Waals surface area contributed by atoms with E-state index in [1.807, 2.05) is 57.2 Å². The van der Waals surface area contributed by atoms with Gasteiger partial charge < -0.3 is 23.7 Å². The third kappa shape index (κ3) is 6.66. The largest absolute Gasteiger partial charge is 0.459 e. The summed E-state index contributed by atoms with van der Waals surface area (Å²) >= 11 is 0. The van der Waals surface area contributed by atoms with Gasteiger partial charge in [0.25, 0.3) is 0 Å². The number of unbranched alkanes of at least 4 members (excludes halogenated alkanes) is 2. The molecular formula is C28H36O6. The Kier molecular flexibility index (Phi) is 8.37. The molecule has 0 unspecified atom stereocenters. The van der Waals surface area contributed by atoms with Gasteiger partial charge in [-0.2, -0.15) is 0 Å². The van der Waals surface area contributed by atoms with E-state index in [1.54, 1.807) is 12.1 Å². The maximum absolute atomic E-state index is 12.2. The van der Waals surface area contributed by atoms with Crippen molar-refractivity contribution in [1.82, 2.24) is 0 Å². The molecule has 0 amide bonds. The first kappa shape index (κ1) is 24.9. The maximum atomic E-state index is 12.2. The summed E-state index contributed by atoms with van der Waals surface area (Å²) in [6, 6.07) is 19.3. The van der Waals surface area contributed by atoms with Gasteiger partial charge in [0.05, 0.1) is 24.4 Å². The molecule has 2 heterocycles. The summed E-state index contributed by atoms with van der Waals surface area (Å²) in [5.41, 5.74) is 1.72. The standard InChI is InChI=1S/C28H36O6/c1-20(31-26(29)22-16-10-6-11-17-22)13-7-4-12-18-23-24(30-19-21-14-8-5-9-15-21)25-27(32-23)34-28(2,3)33-25/h5-6,8-11,14-17,20,23-25,27H,4,7,12-13,18-19H2,1-3H3/t20-,23+,24-,25+,27+/m0/s1. The van der Waals surface area contributed by atoms with Crippen LogP contribution in [0.15, 0.2) is 60.7 Å². The highest BCUT2D eigenvalue weighted by atomic mass is 16.8. The Labute approximate surface area is 202 Å². The lowest BCUT2D eigenvalue weighted by Crippen LogP contribution is -2.36. The summed E-state index contributed by atoms with van der Waals surface area (Å²) in [7, 11) is 0. The fraction of sp³-hybridized carbons (Fsp3) is 0.536. The third-order valence-electron chi connectivity index (χ3n) is 6.29. The normalized spacial score (nSPS) is 26.2. The van der Waals surface area contributed by atoms with Crippen LogP contribution < -0.4 is 0 Å². The number of carbonyl (C=O) groups is 1. The van der Waals surface area contributed by atoms with Crippen molar-refractivity contribution >= 4 is 5.97 Å². The Morgan fingerprint density at radius 2 is 1.68 bits per heavy atom. The molecule has 0 aliphatic carbocycles. The fourth-order valence-electron chi connectivity index (χ4n) is 4.59. The number of esters is 1. The lowest BCUT2D eigenvalue weighted by Gasteiger charge is -2.26. The zero-order valence-corrected chi connectivity index (χ0v) is 20.4. The van der Waals surface area contributed by atoms with Crippen LogP contribution in [0.1, 0.15) is 68.8 Å². The van der Waals surface area contributed by atoms with E-state index in [9.17, 15) is 4.79 Å². The molecule has 2 aromatic rings. The van der Waals surface area contributed by atoms with E-state index in [-0.39, 0.29) is 30.4 Å². The van der Waals surface area contributed by atoms with Gasteiger partial charge in [0, 0.05) is 0 Å². The lowest BCUT2D eigenvalue weighted by atomic mass is 10.0. The average Bonchev–Trinajstić information content (AvgIpc) is 3.29. The van der Waals surface area contributed by atoms with E-state index in [4.69, 9.17) is 23.7 Å². The lowest BCUT2D eigenvalue weighted by molar-refractivity contribution is -0.219. The Bertz CT molecular complexity index is 900. The van der Waals surface area contributed by atoms with Crippen LogP contribution >= 0.6 is 0 Å². The number of rotatable bonds is 11. The number of hydrogen-bond acceptors (Lipinski definition) is 6. The molecule has 2 saturated heterocycles. The van der Waals surface area contributed by atoms with E-state index >= 15 is 0 Å². The first-order chi connectivity index (χ1) is 16.4. The summed E-state index contributed by atoms with van der Waals surface area (Å²) in [4.78, 5) is 12.2. The molecule has 0 N–H and O–H groups in total. The molecule has 0 bridgehead atoms. The van der Waals surface area contributed by atoms with E-state index < -0.39 is 12.1 Å².